The number of carboxylic acids is 1. The summed E-state index contributed by atoms with van der Waals surface area (Å²) < 4.78 is 1.44. The Morgan fingerprint density at radius 1 is 1.32 bits per heavy atom. The number of aryl methyl sites for hydroxylation is 1. The van der Waals surface area contributed by atoms with Gasteiger partial charge in [-0.15, -0.1) is 5.10 Å². The highest BCUT2D eigenvalue weighted by atomic mass is 16.4. The van der Waals surface area contributed by atoms with Crippen LogP contribution in [0.5, 0.6) is 0 Å². The molecule has 1 heterocycles. The molecule has 22 heavy (non-hydrogen) atoms. The lowest BCUT2D eigenvalue weighted by Crippen LogP contribution is -2.37. The SMILES string of the molecule is Cn1cc(C(=O)NC(CCC(=O)O)Cc2ccccc2)nn1. The van der Waals surface area contributed by atoms with Crippen LogP contribution in [0.3, 0.4) is 0 Å². The van der Waals surface area contributed by atoms with Crippen molar-refractivity contribution in [2.75, 3.05) is 0 Å². The number of rotatable bonds is 7. The molecule has 2 N–H and O–H groups in total. The van der Waals surface area contributed by atoms with Crippen LogP contribution in [-0.2, 0) is 18.3 Å². The molecule has 0 fully saturated rings. The van der Waals surface area contributed by atoms with Crippen molar-refractivity contribution in [1.82, 2.24) is 20.3 Å². The van der Waals surface area contributed by atoms with E-state index in [2.05, 4.69) is 15.6 Å². The van der Waals surface area contributed by atoms with Gasteiger partial charge in [-0.2, -0.15) is 0 Å². The lowest BCUT2D eigenvalue weighted by Gasteiger charge is -2.17. The molecule has 0 saturated carbocycles. The van der Waals surface area contributed by atoms with Crippen molar-refractivity contribution in [3.05, 3.63) is 47.8 Å². The first-order chi connectivity index (χ1) is 10.5. The molecule has 0 spiro atoms. The Hall–Kier alpha value is -2.70. The summed E-state index contributed by atoms with van der Waals surface area (Å²) in [6, 6.07) is 9.36. The van der Waals surface area contributed by atoms with E-state index in [4.69, 9.17) is 5.11 Å². The highest BCUT2D eigenvalue weighted by Crippen LogP contribution is 2.09. The lowest BCUT2D eigenvalue weighted by molar-refractivity contribution is -0.137. The van der Waals surface area contributed by atoms with Gasteiger partial charge in [0, 0.05) is 19.5 Å². The topological polar surface area (TPSA) is 97.1 Å². The number of aliphatic carboxylic acids is 1. The molecule has 2 aromatic rings. The second-order valence-corrected chi connectivity index (χ2v) is 5.07. The average Bonchev–Trinajstić information content (AvgIpc) is 2.92. The van der Waals surface area contributed by atoms with Crippen molar-refractivity contribution < 1.29 is 14.7 Å². The standard InChI is InChI=1S/C15H18N4O3/c1-19-10-13(17-18-19)15(22)16-12(7-8-14(20)21)9-11-5-3-2-4-6-11/h2-6,10,12H,7-9H2,1H3,(H,16,22)(H,20,21). The number of nitrogens with zero attached hydrogens (tertiary/aromatic N) is 3. The highest BCUT2D eigenvalue weighted by Gasteiger charge is 2.17. The Morgan fingerprint density at radius 2 is 2.05 bits per heavy atom. The number of hydrogen-bond donors (Lipinski definition) is 2. The van der Waals surface area contributed by atoms with Crippen molar-refractivity contribution in [2.45, 2.75) is 25.3 Å². The molecule has 0 aliphatic heterocycles. The largest absolute Gasteiger partial charge is 0.481 e. The number of amides is 1. The maximum absolute atomic E-state index is 12.1. The van der Waals surface area contributed by atoms with Crippen molar-refractivity contribution in [3.63, 3.8) is 0 Å². The molecule has 0 aliphatic rings. The smallest absolute Gasteiger partial charge is 0.303 e. The third-order valence-electron chi connectivity index (χ3n) is 3.20. The molecule has 2 rings (SSSR count). The van der Waals surface area contributed by atoms with Gasteiger partial charge in [-0.3, -0.25) is 14.3 Å². The van der Waals surface area contributed by atoms with Crippen LogP contribution in [0.2, 0.25) is 0 Å². The molecule has 0 bridgehead atoms. The van der Waals surface area contributed by atoms with E-state index in [0.717, 1.165) is 5.56 Å². The van der Waals surface area contributed by atoms with Crippen LogP contribution >= 0.6 is 0 Å². The molecule has 1 amide bonds. The van der Waals surface area contributed by atoms with Crippen molar-refractivity contribution in [2.24, 2.45) is 7.05 Å². The zero-order chi connectivity index (χ0) is 15.9. The minimum Gasteiger partial charge on any atom is -0.481 e. The predicted molar refractivity (Wildman–Crippen MR) is 79.3 cm³/mol. The van der Waals surface area contributed by atoms with E-state index in [1.165, 1.54) is 10.9 Å². The molecule has 1 unspecified atom stereocenters. The van der Waals surface area contributed by atoms with Gasteiger partial charge >= 0.3 is 5.97 Å². The summed E-state index contributed by atoms with van der Waals surface area (Å²) in [4.78, 5) is 22.9. The molecular formula is C15H18N4O3. The van der Waals surface area contributed by atoms with Gasteiger partial charge in [-0.05, 0) is 18.4 Å². The number of carbonyl (C=O) groups excluding carboxylic acids is 1. The summed E-state index contributed by atoms with van der Waals surface area (Å²) in [6.07, 6.45) is 2.45. The minimum atomic E-state index is -0.883. The summed E-state index contributed by atoms with van der Waals surface area (Å²) in [5.74, 6) is -1.23. The van der Waals surface area contributed by atoms with Gasteiger partial charge in [-0.25, -0.2) is 0 Å². The van der Waals surface area contributed by atoms with Crippen molar-refractivity contribution in [1.29, 1.82) is 0 Å². The minimum absolute atomic E-state index is 0.00174. The Bertz CT molecular complexity index is 639. The van der Waals surface area contributed by atoms with Crippen LogP contribution in [0.1, 0.15) is 28.9 Å². The summed E-state index contributed by atoms with van der Waals surface area (Å²) >= 11 is 0. The number of aromatic nitrogens is 3. The molecule has 1 aromatic carbocycles. The van der Waals surface area contributed by atoms with E-state index in [1.54, 1.807) is 7.05 Å². The van der Waals surface area contributed by atoms with Crippen molar-refractivity contribution >= 4 is 11.9 Å². The second-order valence-electron chi connectivity index (χ2n) is 5.07. The van der Waals surface area contributed by atoms with E-state index in [-0.39, 0.29) is 24.1 Å². The molecule has 1 atom stereocenters. The summed E-state index contributed by atoms with van der Waals surface area (Å²) in [5.41, 5.74) is 1.26. The quantitative estimate of drug-likeness (QED) is 0.796. The molecule has 0 saturated heterocycles. The van der Waals surface area contributed by atoms with Crippen LogP contribution in [0, 0.1) is 0 Å². The van der Waals surface area contributed by atoms with Gasteiger partial charge in [0.25, 0.3) is 5.91 Å². The second kappa shape index (κ2) is 7.35. The normalized spacial score (nSPS) is 11.9. The molecule has 116 valence electrons. The summed E-state index contributed by atoms with van der Waals surface area (Å²) in [7, 11) is 1.68. The van der Waals surface area contributed by atoms with Crippen LogP contribution in [0.4, 0.5) is 0 Å². The Morgan fingerprint density at radius 3 is 2.64 bits per heavy atom. The highest BCUT2D eigenvalue weighted by molar-refractivity contribution is 5.92. The van der Waals surface area contributed by atoms with E-state index in [1.807, 2.05) is 30.3 Å². The first-order valence-electron chi connectivity index (χ1n) is 6.97. The van der Waals surface area contributed by atoms with Gasteiger partial charge < -0.3 is 10.4 Å². The zero-order valence-electron chi connectivity index (χ0n) is 12.3. The van der Waals surface area contributed by atoms with Crippen LogP contribution in [0.15, 0.2) is 36.5 Å². The fourth-order valence-corrected chi connectivity index (χ4v) is 2.13. The molecule has 0 aliphatic carbocycles. The van der Waals surface area contributed by atoms with Gasteiger partial charge in [0.1, 0.15) is 0 Å². The molecular weight excluding hydrogens is 284 g/mol. The third kappa shape index (κ3) is 4.69. The Balaban J connectivity index is 2.03. The zero-order valence-corrected chi connectivity index (χ0v) is 12.3. The maximum Gasteiger partial charge on any atom is 0.303 e. The van der Waals surface area contributed by atoms with E-state index >= 15 is 0 Å². The van der Waals surface area contributed by atoms with Crippen LogP contribution in [0.25, 0.3) is 0 Å². The number of hydrogen-bond acceptors (Lipinski definition) is 4. The van der Waals surface area contributed by atoms with Gasteiger partial charge in [0.2, 0.25) is 0 Å². The monoisotopic (exact) mass is 302 g/mol. The first kappa shape index (κ1) is 15.7. The van der Waals surface area contributed by atoms with Gasteiger partial charge in [0.15, 0.2) is 5.69 Å². The number of nitrogens with one attached hydrogen (secondary N) is 1. The third-order valence-corrected chi connectivity index (χ3v) is 3.20. The number of carbonyl (C=O) groups is 2. The molecule has 0 radical (unpaired) electrons. The Labute approximate surface area is 128 Å². The number of carboxylic acid groups (broad SMARTS) is 1. The van der Waals surface area contributed by atoms with Gasteiger partial charge in [0.05, 0.1) is 6.20 Å². The molecule has 1 aromatic heterocycles. The predicted octanol–water partition coefficient (Wildman–Crippen LogP) is 1.02. The summed E-state index contributed by atoms with van der Waals surface area (Å²) in [5, 5.41) is 19.1. The van der Waals surface area contributed by atoms with Gasteiger partial charge in [-0.1, -0.05) is 35.5 Å². The average molecular weight is 302 g/mol. The van der Waals surface area contributed by atoms with Crippen LogP contribution < -0.4 is 5.32 Å². The lowest BCUT2D eigenvalue weighted by atomic mass is 10.0. The molecule has 7 nitrogen and oxygen atoms in total. The van der Waals surface area contributed by atoms with Crippen LogP contribution in [-0.4, -0.2) is 38.0 Å². The number of benzene rings is 1. The summed E-state index contributed by atoms with van der Waals surface area (Å²) in [6.45, 7) is 0. The fourth-order valence-electron chi connectivity index (χ4n) is 2.13. The van der Waals surface area contributed by atoms with E-state index in [9.17, 15) is 9.59 Å². The first-order valence-corrected chi connectivity index (χ1v) is 6.97. The van der Waals surface area contributed by atoms with Crippen molar-refractivity contribution in [3.8, 4) is 0 Å². The maximum atomic E-state index is 12.1. The Kier molecular flexibility index (Phi) is 5.24. The fraction of sp³-hybridized carbons (Fsp3) is 0.333. The van der Waals surface area contributed by atoms with E-state index in [0.29, 0.717) is 12.8 Å². The molecule has 7 heteroatoms. The van der Waals surface area contributed by atoms with E-state index < -0.39 is 5.97 Å².